The molecule has 0 spiro atoms. The van der Waals surface area contributed by atoms with E-state index in [-0.39, 0.29) is 11.8 Å². The quantitative estimate of drug-likeness (QED) is 0.734. The number of aromatic nitrogens is 3. The van der Waals surface area contributed by atoms with Gasteiger partial charge in [-0.25, -0.2) is 0 Å². The first-order valence-electron chi connectivity index (χ1n) is 6.15. The van der Waals surface area contributed by atoms with E-state index in [1.807, 2.05) is 18.2 Å². The molecule has 1 aromatic heterocycles. The molecule has 2 aromatic rings. The number of nitrogens with one attached hydrogen (secondary N) is 3. The van der Waals surface area contributed by atoms with Crippen molar-refractivity contribution >= 4 is 22.6 Å². The third-order valence-corrected chi connectivity index (χ3v) is 3.31. The molecule has 0 atom stereocenters. The van der Waals surface area contributed by atoms with Crippen LogP contribution in [-0.4, -0.2) is 34.4 Å². The molecule has 1 aliphatic rings. The van der Waals surface area contributed by atoms with Crippen molar-refractivity contribution in [3.63, 3.8) is 0 Å². The van der Waals surface area contributed by atoms with Gasteiger partial charge in [-0.15, -0.1) is 0 Å². The Balaban J connectivity index is 1.79. The second kappa shape index (κ2) is 4.73. The summed E-state index contributed by atoms with van der Waals surface area (Å²) in [5.41, 5.74) is 2.20. The summed E-state index contributed by atoms with van der Waals surface area (Å²) in [6, 6.07) is 5.58. The van der Waals surface area contributed by atoms with Gasteiger partial charge in [0, 0.05) is 5.92 Å². The van der Waals surface area contributed by atoms with Crippen LogP contribution < -0.4 is 10.6 Å². The SMILES string of the molecule is O=C(Nc1cccc2n[nH]nc12)C1CCNCC1. The maximum Gasteiger partial charge on any atom is 0.227 e. The van der Waals surface area contributed by atoms with Crippen molar-refractivity contribution in [1.82, 2.24) is 20.7 Å². The normalized spacial score (nSPS) is 16.9. The van der Waals surface area contributed by atoms with E-state index in [2.05, 4.69) is 26.0 Å². The van der Waals surface area contributed by atoms with Crippen molar-refractivity contribution in [3.05, 3.63) is 18.2 Å². The molecule has 2 heterocycles. The number of piperidine rings is 1. The summed E-state index contributed by atoms with van der Waals surface area (Å²) in [5.74, 6) is 0.167. The van der Waals surface area contributed by atoms with Gasteiger partial charge in [0.2, 0.25) is 5.91 Å². The van der Waals surface area contributed by atoms with Gasteiger partial charge in [-0.1, -0.05) is 6.07 Å². The number of carbonyl (C=O) groups is 1. The van der Waals surface area contributed by atoms with Crippen molar-refractivity contribution in [3.8, 4) is 0 Å². The lowest BCUT2D eigenvalue weighted by molar-refractivity contribution is -0.120. The standard InChI is InChI=1S/C12H15N5O/c18-12(8-4-6-13-7-5-8)14-9-2-1-3-10-11(9)16-17-15-10/h1-3,8,13H,4-7H2,(H,14,18)(H,15,16,17). The highest BCUT2D eigenvalue weighted by atomic mass is 16.1. The summed E-state index contributed by atoms with van der Waals surface area (Å²) >= 11 is 0. The van der Waals surface area contributed by atoms with Gasteiger partial charge in [-0.2, -0.15) is 15.4 Å². The largest absolute Gasteiger partial charge is 0.324 e. The second-order valence-electron chi connectivity index (χ2n) is 4.51. The number of H-pyrrole nitrogens is 1. The van der Waals surface area contributed by atoms with E-state index in [0.717, 1.165) is 37.1 Å². The maximum atomic E-state index is 12.1. The van der Waals surface area contributed by atoms with E-state index >= 15 is 0 Å². The highest BCUT2D eigenvalue weighted by molar-refractivity contribution is 6.00. The molecule has 0 bridgehead atoms. The number of rotatable bonds is 2. The summed E-state index contributed by atoms with van der Waals surface area (Å²) in [6.07, 6.45) is 1.78. The first-order valence-corrected chi connectivity index (χ1v) is 6.15. The number of benzene rings is 1. The zero-order chi connectivity index (χ0) is 12.4. The van der Waals surface area contributed by atoms with Crippen LogP contribution in [0.25, 0.3) is 11.0 Å². The molecule has 1 fully saturated rings. The highest BCUT2D eigenvalue weighted by Crippen LogP contribution is 2.21. The van der Waals surface area contributed by atoms with Gasteiger partial charge in [-0.05, 0) is 38.1 Å². The Labute approximate surface area is 104 Å². The Bertz CT molecular complexity index is 558. The van der Waals surface area contributed by atoms with Crippen LogP contribution >= 0.6 is 0 Å². The molecule has 0 radical (unpaired) electrons. The first-order chi connectivity index (χ1) is 8.84. The van der Waals surface area contributed by atoms with Crippen molar-refractivity contribution in [2.75, 3.05) is 18.4 Å². The third kappa shape index (κ3) is 2.06. The Morgan fingerprint density at radius 1 is 1.28 bits per heavy atom. The number of aromatic amines is 1. The lowest BCUT2D eigenvalue weighted by atomic mass is 9.97. The van der Waals surface area contributed by atoms with Crippen molar-refractivity contribution in [1.29, 1.82) is 0 Å². The van der Waals surface area contributed by atoms with E-state index in [9.17, 15) is 4.79 Å². The van der Waals surface area contributed by atoms with Crippen LogP contribution in [0, 0.1) is 5.92 Å². The topological polar surface area (TPSA) is 82.7 Å². The fraction of sp³-hybridized carbons (Fsp3) is 0.417. The van der Waals surface area contributed by atoms with Crippen molar-refractivity contribution in [2.45, 2.75) is 12.8 Å². The highest BCUT2D eigenvalue weighted by Gasteiger charge is 2.21. The smallest absolute Gasteiger partial charge is 0.227 e. The minimum Gasteiger partial charge on any atom is -0.324 e. The average Bonchev–Trinajstić information content (AvgIpc) is 2.89. The van der Waals surface area contributed by atoms with Gasteiger partial charge in [0.05, 0.1) is 5.69 Å². The minimum absolute atomic E-state index is 0.0759. The summed E-state index contributed by atoms with van der Waals surface area (Å²) < 4.78 is 0. The molecule has 1 aliphatic heterocycles. The van der Waals surface area contributed by atoms with Crippen LogP contribution in [0.2, 0.25) is 0 Å². The van der Waals surface area contributed by atoms with Gasteiger partial charge < -0.3 is 10.6 Å². The number of hydrogen-bond donors (Lipinski definition) is 3. The molecule has 1 amide bonds. The van der Waals surface area contributed by atoms with E-state index in [4.69, 9.17) is 0 Å². The van der Waals surface area contributed by atoms with Gasteiger partial charge in [0.25, 0.3) is 0 Å². The Kier molecular flexibility index (Phi) is 2.93. The molecule has 6 heteroatoms. The third-order valence-electron chi connectivity index (χ3n) is 3.31. The van der Waals surface area contributed by atoms with Gasteiger partial charge in [0.1, 0.15) is 11.0 Å². The summed E-state index contributed by atoms with van der Waals surface area (Å²) in [4.78, 5) is 12.1. The molecule has 6 nitrogen and oxygen atoms in total. The van der Waals surface area contributed by atoms with Crippen LogP contribution in [0.15, 0.2) is 18.2 Å². The van der Waals surface area contributed by atoms with Crippen molar-refractivity contribution in [2.24, 2.45) is 5.92 Å². The predicted octanol–water partition coefficient (Wildman–Crippen LogP) is 0.896. The molecule has 18 heavy (non-hydrogen) atoms. The first kappa shape index (κ1) is 11.2. The van der Waals surface area contributed by atoms with Gasteiger partial charge >= 0.3 is 0 Å². The van der Waals surface area contributed by atoms with E-state index in [1.54, 1.807) is 0 Å². The second-order valence-corrected chi connectivity index (χ2v) is 4.51. The van der Waals surface area contributed by atoms with Crippen LogP contribution in [0.5, 0.6) is 0 Å². The van der Waals surface area contributed by atoms with E-state index in [1.165, 1.54) is 0 Å². The van der Waals surface area contributed by atoms with Crippen LogP contribution in [0.1, 0.15) is 12.8 Å². The number of carbonyl (C=O) groups excluding carboxylic acids is 1. The minimum atomic E-state index is 0.0759. The zero-order valence-electron chi connectivity index (χ0n) is 9.94. The van der Waals surface area contributed by atoms with Crippen molar-refractivity contribution < 1.29 is 4.79 Å². The molecule has 94 valence electrons. The molecular weight excluding hydrogens is 230 g/mol. The van der Waals surface area contributed by atoms with Gasteiger partial charge in [-0.3, -0.25) is 4.79 Å². The molecule has 3 rings (SSSR count). The number of nitrogens with zero attached hydrogens (tertiary/aromatic N) is 2. The lowest BCUT2D eigenvalue weighted by Crippen LogP contribution is -2.34. The number of para-hydroxylation sites is 1. The Morgan fingerprint density at radius 3 is 2.94 bits per heavy atom. The van der Waals surface area contributed by atoms with Crippen LogP contribution in [0.3, 0.4) is 0 Å². The molecule has 0 unspecified atom stereocenters. The van der Waals surface area contributed by atoms with E-state index in [0.29, 0.717) is 5.52 Å². The Hall–Kier alpha value is -1.95. The monoisotopic (exact) mass is 245 g/mol. The van der Waals surface area contributed by atoms with Crippen LogP contribution in [0.4, 0.5) is 5.69 Å². The molecule has 0 saturated carbocycles. The molecule has 1 saturated heterocycles. The number of hydrogen-bond acceptors (Lipinski definition) is 4. The molecule has 3 N–H and O–H groups in total. The fourth-order valence-corrected chi connectivity index (χ4v) is 2.29. The number of anilines is 1. The van der Waals surface area contributed by atoms with Crippen LogP contribution in [-0.2, 0) is 4.79 Å². The summed E-state index contributed by atoms with van der Waals surface area (Å²) in [7, 11) is 0. The average molecular weight is 245 g/mol. The summed E-state index contributed by atoms with van der Waals surface area (Å²) in [5, 5.41) is 16.8. The van der Waals surface area contributed by atoms with E-state index < -0.39 is 0 Å². The van der Waals surface area contributed by atoms with Gasteiger partial charge in [0.15, 0.2) is 0 Å². The Morgan fingerprint density at radius 2 is 2.11 bits per heavy atom. The molecular formula is C12H15N5O. The summed E-state index contributed by atoms with van der Waals surface area (Å²) in [6.45, 7) is 1.82. The molecule has 1 aromatic carbocycles. The number of fused-ring (bicyclic) bond motifs is 1. The number of amides is 1. The molecule has 0 aliphatic carbocycles. The fourth-order valence-electron chi connectivity index (χ4n) is 2.29. The zero-order valence-corrected chi connectivity index (χ0v) is 9.94. The lowest BCUT2D eigenvalue weighted by Gasteiger charge is -2.21. The maximum absolute atomic E-state index is 12.1. The predicted molar refractivity (Wildman–Crippen MR) is 68.1 cm³/mol.